The van der Waals surface area contributed by atoms with Gasteiger partial charge in [0.1, 0.15) is 0 Å². The van der Waals surface area contributed by atoms with Gasteiger partial charge in [-0.1, -0.05) is 11.6 Å². The third kappa shape index (κ3) is 3.07. The van der Waals surface area contributed by atoms with E-state index >= 15 is 0 Å². The topological polar surface area (TPSA) is 88.5 Å². The van der Waals surface area contributed by atoms with Crippen molar-refractivity contribution in [1.29, 1.82) is 0 Å². The van der Waals surface area contributed by atoms with Crippen LogP contribution in [-0.4, -0.2) is 27.1 Å². The standard InChI is InChI=1S/C16H13ClN4O3/c1-2-24-16(23)13-15(20-19-11-7-5-10(17)6-8-11)21-9-3-4-12(22)14(21)18-13/h3-9,22H,2H2,1H3. The van der Waals surface area contributed by atoms with Gasteiger partial charge in [0.2, 0.25) is 0 Å². The van der Waals surface area contributed by atoms with Crippen LogP contribution in [0.2, 0.25) is 5.02 Å². The highest BCUT2D eigenvalue weighted by atomic mass is 35.5. The molecule has 0 unspecified atom stereocenters. The first-order valence-corrected chi connectivity index (χ1v) is 7.52. The highest BCUT2D eigenvalue weighted by molar-refractivity contribution is 6.30. The number of carbonyl (C=O) groups excluding carboxylic acids is 1. The van der Waals surface area contributed by atoms with Gasteiger partial charge in [0, 0.05) is 11.2 Å². The Morgan fingerprint density at radius 3 is 2.75 bits per heavy atom. The van der Waals surface area contributed by atoms with E-state index in [1.165, 1.54) is 10.5 Å². The van der Waals surface area contributed by atoms with Crippen LogP contribution in [0.3, 0.4) is 0 Å². The molecule has 0 saturated heterocycles. The van der Waals surface area contributed by atoms with Crippen LogP contribution in [0.1, 0.15) is 17.4 Å². The van der Waals surface area contributed by atoms with Gasteiger partial charge >= 0.3 is 5.97 Å². The minimum Gasteiger partial charge on any atom is -0.504 e. The van der Waals surface area contributed by atoms with Crippen molar-refractivity contribution in [3.05, 3.63) is 53.3 Å². The zero-order valence-corrected chi connectivity index (χ0v) is 13.4. The molecule has 0 fully saturated rings. The Hall–Kier alpha value is -2.93. The maximum absolute atomic E-state index is 12.1. The van der Waals surface area contributed by atoms with Crippen molar-refractivity contribution in [3.63, 3.8) is 0 Å². The number of fused-ring (bicyclic) bond motifs is 1. The van der Waals surface area contributed by atoms with Crippen LogP contribution in [0.4, 0.5) is 11.5 Å². The number of benzene rings is 1. The predicted octanol–water partition coefficient (Wildman–Crippen LogP) is 4.29. The number of aromatic hydroxyl groups is 1. The van der Waals surface area contributed by atoms with E-state index in [1.54, 1.807) is 43.5 Å². The summed E-state index contributed by atoms with van der Waals surface area (Å²) in [4.78, 5) is 16.2. The Balaban J connectivity index is 2.10. The lowest BCUT2D eigenvalue weighted by Crippen LogP contribution is -2.05. The van der Waals surface area contributed by atoms with Gasteiger partial charge < -0.3 is 9.84 Å². The SMILES string of the molecule is CCOC(=O)c1nc2c(O)cccn2c1N=Nc1ccc(Cl)cc1. The number of carbonyl (C=O) groups is 1. The number of aromatic nitrogens is 2. The smallest absolute Gasteiger partial charge is 0.360 e. The summed E-state index contributed by atoms with van der Waals surface area (Å²) in [6.45, 7) is 1.90. The van der Waals surface area contributed by atoms with Crippen LogP contribution >= 0.6 is 11.6 Å². The van der Waals surface area contributed by atoms with Gasteiger partial charge in [-0.3, -0.25) is 4.40 Å². The summed E-state index contributed by atoms with van der Waals surface area (Å²) in [6, 6.07) is 9.83. The maximum atomic E-state index is 12.1. The van der Waals surface area contributed by atoms with E-state index in [1.807, 2.05) is 0 Å². The molecule has 8 heteroatoms. The van der Waals surface area contributed by atoms with Crippen LogP contribution < -0.4 is 0 Å². The molecule has 1 aromatic carbocycles. The highest BCUT2D eigenvalue weighted by Gasteiger charge is 2.21. The molecule has 0 aliphatic carbocycles. The first-order chi connectivity index (χ1) is 11.6. The highest BCUT2D eigenvalue weighted by Crippen LogP contribution is 2.28. The van der Waals surface area contributed by atoms with Gasteiger partial charge in [-0.05, 0) is 43.3 Å². The van der Waals surface area contributed by atoms with E-state index in [2.05, 4.69) is 15.2 Å². The van der Waals surface area contributed by atoms with Crippen LogP contribution in [0.5, 0.6) is 5.75 Å². The van der Waals surface area contributed by atoms with E-state index < -0.39 is 5.97 Å². The quantitative estimate of drug-likeness (QED) is 0.565. The van der Waals surface area contributed by atoms with Gasteiger partial charge in [-0.2, -0.15) is 0 Å². The van der Waals surface area contributed by atoms with Crippen molar-refractivity contribution < 1.29 is 14.6 Å². The van der Waals surface area contributed by atoms with Crippen LogP contribution in [0.25, 0.3) is 5.65 Å². The number of ether oxygens (including phenoxy) is 1. The third-order valence-corrected chi connectivity index (χ3v) is 3.41. The number of pyridine rings is 1. The lowest BCUT2D eigenvalue weighted by Gasteiger charge is -2.00. The molecule has 2 heterocycles. The van der Waals surface area contributed by atoms with Crippen molar-refractivity contribution in [2.24, 2.45) is 10.2 Å². The van der Waals surface area contributed by atoms with Gasteiger partial charge in [0.15, 0.2) is 22.9 Å². The van der Waals surface area contributed by atoms with Gasteiger partial charge in [-0.25, -0.2) is 9.78 Å². The van der Waals surface area contributed by atoms with Crippen molar-refractivity contribution in [2.75, 3.05) is 6.61 Å². The molecule has 7 nitrogen and oxygen atoms in total. The Labute approximate surface area is 142 Å². The van der Waals surface area contributed by atoms with E-state index in [0.29, 0.717) is 10.7 Å². The molecule has 0 aliphatic heterocycles. The zero-order valence-electron chi connectivity index (χ0n) is 12.7. The molecule has 2 aromatic heterocycles. The largest absolute Gasteiger partial charge is 0.504 e. The molecule has 1 N–H and O–H groups in total. The molecular weight excluding hydrogens is 332 g/mol. The molecule has 3 rings (SSSR count). The third-order valence-electron chi connectivity index (χ3n) is 3.16. The number of hydrogen-bond acceptors (Lipinski definition) is 6. The molecule has 0 spiro atoms. The summed E-state index contributed by atoms with van der Waals surface area (Å²) < 4.78 is 6.46. The average molecular weight is 345 g/mol. The number of rotatable bonds is 4. The summed E-state index contributed by atoms with van der Waals surface area (Å²) >= 11 is 5.83. The molecule has 0 saturated carbocycles. The van der Waals surface area contributed by atoms with Gasteiger partial charge in [0.25, 0.3) is 0 Å². The lowest BCUT2D eigenvalue weighted by atomic mass is 10.3. The Bertz CT molecular complexity index is 919. The van der Waals surface area contributed by atoms with E-state index in [-0.39, 0.29) is 29.5 Å². The second-order valence-electron chi connectivity index (χ2n) is 4.77. The monoisotopic (exact) mass is 344 g/mol. The molecule has 3 aromatic rings. The average Bonchev–Trinajstić information content (AvgIpc) is 2.95. The van der Waals surface area contributed by atoms with Crippen molar-refractivity contribution in [3.8, 4) is 5.75 Å². The predicted molar refractivity (Wildman–Crippen MR) is 88.4 cm³/mol. The summed E-state index contributed by atoms with van der Waals surface area (Å²) in [5.41, 5.74) is 0.742. The summed E-state index contributed by atoms with van der Waals surface area (Å²) in [6.07, 6.45) is 1.63. The number of nitrogens with zero attached hydrogens (tertiary/aromatic N) is 4. The lowest BCUT2D eigenvalue weighted by molar-refractivity contribution is 0.0521. The van der Waals surface area contributed by atoms with E-state index in [0.717, 1.165) is 0 Å². The normalized spacial score (nSPS) is 11.2. The number of imidazole rings is 1. The number of azo groups is 1. The molecule has 0 amide bonds. The maximum Gasteiger partial charge on any atom is 0.360 e. The fourth-order valence-corrected chi connectivity index (χ4v) is 2.21. The van der Waals surface area contributed by atoms with Gasteiger partial charge in [-0.15, -0.1) is 10.2 Å². The first-order valence-electron chi connectivity index (χ1n) is 7.14. The van der Waals surface area contributed by atoms with Gasteiger partial charge in [0.05, 0.1) is 12.3 Å². The van der Waals surface area contributed by atoms with E-state index in [4.69, 9.17) is 16.3 Å². The Morgan fingerprint density at radius 1 is 1.29 bits per heavy atom. The Morgan fingerprint density at radius 2 is 2.04 bits per heavy atom. The molecule has 0 aliphatic rings. The summed E-state index contributed by atoms with van der Waals surface area (Å²) in [5.74, 6) is -0.532. The summed E-state index contributed by atoms with van der Waals surface area (Å²) in [5, 5.41) is 18.7. The van der Waals surface area contributed by atoms with E-state index in [9.17, 15) is 9.90 Å². The van der Waals surface area contributed by atoms with Crippen LogP contribution in [-0.2, 0) is 4.74 Å². The van der Waals surface area contributed by atoms with Crippen LogP contribution in [0.15, 0.2) is 52.8 Å². The molecule has 0 atom stereocenters. The van der Waals surface area contributed by atoms with Crippen molar-refractivity contribution in [2.45, 2.75) is 6.92 Å². The second-order valence-corrected chi connectivity index (χ2v) is 5.20. The Kier molecular flexibility index (Phi) is 4.43. The van der Waals surface area contributed by atoms with Crippen molar-refractivity contribution in [1.82, 2.24) is 9.38 Å². The van der Waals surface area contributed by atoms with Crippen LogP contribution in [0, 0.1) is 0 Å². The summed E-state index contributed by atoms with van der Waals surface area (Å²) in [7, 11) is 0. The molecule has 122 valence electrons. The van der Waals surface area contributed by atoms with Crippen molar-refractivity contribution >= 4 is 34.7 Å². The zero-order chi connectivity index (χ0) is 17.1. The minimum atomic E-state index is -0.634. The molecule has 24 heavy (non-hydrogen) atoms. The fraction of sp³-hybridized carbons (Fsp3) is 0.125. The molecule has 0 bridgehead atoms. The minimum absolute atomic E-state index is 0.0175. The fourth-order valence-electron chi connectivity index (χ4n) is 2.09. The molecular formula is C16H13ClN4O3. The first kappa shape index (κ1) is 15.9. The number of halogens is 1. The number of esters is 1. The second kappa shape index (κ2) is 6.67. The molecule has 0 radical (unpaired) electrons. The number of hydrogen-bond donors (Lipinski definition) is 1.